The lowest BCUT2D eigenvalue weighted by atomic mass is 10.1. The van der Waals surface area contributed by atoms with Gasteiger partial charge in [0.05, 0.1) is 11.4 Å². The number of nitrogens with zero attached hydrogens (tertiary/aromatic N) is 2. The van der Waals surface area contributed by atoms with E-state index in [1.54, 1.807) is 36.4 Å². The molecule has 23 heavy (non-hydrogen) atoms. The highest BCUT2D eigenvalue weighted by Gasteiger charge is 2.13. The predicted octanol–water partition coefficient (Wildman–Crippen LogP) is 3.91. The number of rotatable bonds is 3. The van der Waals surface area contributed by atoms with E-state index in [9.17, 15) is 9.18 Å². The summed E-state index contributed by atoms with van der Waals surface area (Å²) < 4.78 is 13.8. The minimum atomic E-state index is -0.300. The van der Waals surface area contributed by atoms with Crippen molar-refractivity contribution in [2.24, 2.45) is 0 Å². The quantitative estimate of drug-likeness (QED) is 0.805. The first-order valence-corrected chi connectivity index (χ1v) is 7.93. The van der Waals surface area contributed by atoms with E-state index in [1.165, 1.54) is 12.5 Å². The molecular formula is C19H19FN2O. The largest absolute Gasteiger partial charge is 0.339 e. The number of hydrogen-bond acceptors (Lipinski definition) is 2. The van der Waals surface area contributed by atoms with Crippen LogP contribution in [0.25, 0.3) is 17.3 Å². The van der Waals surface area contributed by atoms with E-state index >= 15 is 0 Å². The molecule has 0 radical (unpaired) electrons. The SMILES string of the molecule is O=C(/C=C/c1cccc(-c2ccccc2F)n1)N1CCCCC1. The number of halogens is 1. The molecule has 1 saturated heterocycles. The van der Waals surface area contributed by atoms with Crippen molar-refractivity contribution in [2.75, 3.05) is 13.1 Å². The highest BCUT2D eigenvalue weighted by atomic mass is 19.1. The Bertz CT molecular complexity index is 721. The topological polar surface area (TPSA) is 33.2 Å². The molecule has 0 unspecified atom stereocenters. The fourth-order valence-electron chi connectivity index (χ4n) is 2.74. The van der Waals surface area contributed by atoms with Gasteiger partial charge in [-0.1, -0.05) is 18.2 Å². The molecule has 118 valence electrons. The Morgan fingerprint density at radius 2 is 1.83 bits per heavy atom. The number of piperidine rings is 1. The van der Waals surface area contributed by atoms with Gasteiger partial charge in [0.25, 0.3) is 0 Å². The fourth-order valence-corrected chi connectivity index (χ4v) is 2.74. The predicted molar refractivity (Wildman–Crippen MR) is 89.1 cm³/mol. The fraction of sp³-hybridized carbons (Fsp3) is 0.263. The highest BCUT2D eigenvalue weighted by molar-refractivity contribution is 5.91. The van der Waals surface area contributed by atoms with E-state index in [0.29, 0.717) is 17.0 Å². The van der Waals surface area contributed by atoms with E-state index in [-0.39, 0.29) is 11.7 Å². The number of amides is 1. The van der Waals surface area contributed by atoms with Gasteiger partial charge < -0.3 is 4.90 Å². The number of pyridine rings is 1. The van der Waals surface area contributed by atoms with Crippen LogP contribution in [-0.4, -0.2) is 28.9 Å². The summed E-state index contributed by atoms with van der Waals surface area (Å²) in [7, 11) is 0. The summed E-state index contributed by atoms with van der Waals surface area (Å²) in [5, 5.41) is 0. The Morgan fingerprint density at radius 1 is 1.04 bits per heavy atom. The van der Waals surface area contributed by atoms with E-state index in [0.717, 1.165) is 25.9 Å². The second kappa shape index (κ2) is 7.18. The Labute approximate surface area is 135 Å². The molecule has 1 aliphatic rings. The summed E-state index contributed by atoms with van der Waals surface area (Å²) in [6, 6.07) is 11.9. The summed E-state index contributed by atoms with van der Waals surface area (Å²) in [4.78, 5) is 18.4. The Balaban J connectivity index is 1.76. The first kappa shape index (κ1) is 15.4. The van der Waals surface area contributed by atoms with Crippen molar-refractivity contribution < 1.29 is 9.18 Å². The standard InChI is InChI=1S/C19H19FN2O/c20-17-9-3-2-8-16(17)18-10-6-7-15(21-18)11-12-19(23)22-13-4-1-5-14-22/h2-3,6-12H,1,4-5,13-14H2/b12-11+. The lowest BCUT2D eigenvalue weighted by Crippen LogP contribution is -2.34. The van der Waals surface area contributed by atoms with Crippen LogP contribution >= 0.6 is 0 Å². The zero-order chi connectivity index (χ0) is 16.1. The van der Waals surface area contributed by atoms with Crippen LogP contribution in [0.4, 0.5) is 4.39 Å². The van der Waals surface area contributed by atoms with Crippen molar-refractivity contribution in [2.45, 2.75) is 19.3 Å². The van der Waals surface area contributed by atoms with Gasteiger partial charge in [0.1, 0.15) is 5.82 Å². The maximum Gasteiger partial charge on any atom is 0.246 e. The molecule has 0 N–H and O–H groups in total. The normalized spacial score (nSPS) is 15.1. The summed E-state index contributed by atoms with van der Waals surface area (Å²) in [6.07, 6.45) is 6.58. The van der Waals surface area contributed by atoms with E-state index in [2.05, 4.69) is 4.98 Å². The van der Waals surface area contributed by atoms with E-state index in [4.69, 9.17) is 0 Å². The van der Waals surface area contributed by atoms with Crippen molar-refractivity contribution in [3.63, 3.8) is 0 Å². The van der Waals surface area contributed by atoms with Gasteiger partial charge in [0, 0.05) is 24.7 Å². The van der Waals surface area contributed by atoms with Crippen molar-refractivity contribution in [3.8, 4) is 11.3 Å². The van der Waals surface area contributed by atoms with Crippen LogP contribution in [0.15, 0.2) is 48.5 Å². The first-order chi connectivity index (χ1) is 11.2. The molecule has 2 aromatic rings. The van der Waals surface area contributed by atoms with Gasteiger partial charge in [0.2, 0.25) is 5.91 Å². The third-order valence-electron chi connectivity index (χ3n) is 3.98. The van der Waals surface area contributed by atoms with Gasteiger partial charge in [-0.25, -0.2) is 9.37 Å². The van der Waals surface area contributed by atoms with E-state index in [1.807, 2.05) is 17.0 Å². The molecular weight excluding hydrogens is 291 g/mol. The highest BCUT2D eigenvalue weighted by Crippen LogP contribution is 2.20. The molecule has 0 aliphatic carbocycles. The van der Waals surface area contributed by atoms with Gasteiger partial charge in [-0.15, -0.1) is 0 Å². The molecule has 0 saturated carbocycles. The first-order valence-electron chi connectivity index (χ1n) is 7.93. The van der Waals surface area contributed by atoms with Gasteiger partial charge in [0.15, 0.2) is 0 Å². The monoisotopic (exact) mass is 310 g/mol. The Kier molecular flexibility index (Phi) is 4.81. The minimum Gasteiger partial charge on any atom is -0.339 e. The van der Waals surface area contributed by atoms with Crippen LogP contribution in [0.1, 0.15) is 25.0 Å². The maximum atomic E-state index is 13.8. The van der Waals surface area contributed by atoms with Crippen LogP contribution < -0.4 is 0 Å². The molecule has 3 rings (SSSR count). The van der Waals surface area contributed by atoms with Gasteiger partial charge in [-0.2, -0.15) is 0 Å². The molecule has 0 spiro atoms. The average molecular weight is 310 g/mol. The number of aromatic nitrogens is 1. The van der Waals surface area contributed by atoms with Crippen LogP contribution in [0.2, 0.25) is 0 Å². The van der Waals surface area contributed by atoms with Crippen molar-refractivity contribution >= 4 is 12.0 Å². The third-order valence-corrected chi connectivity index (χ3v) is 3.98. The average Bonchev–Trinajstić information content (AvgIpc) is 2.61. The third kappa shape index (κ3) is 3.83. The van der Waals surface area contributed by atoms with Crippen LogP contribution in [0.5, 0.6) is 0 Å². The van der Waals surface area contributed by atoms with Crippen molar-refractivity contribution in [3.05, 3.63) is 60.1 Å². The second-order valence-corrected chi connectivity index (χ2v) is 5.65. The molecule has 2 heterocycles. The Hall–Kier alpha value is -2.49. The number of carbonyl (C=O) groups is 1. The molecule has 1 amide bonds. The zero-order valence-corrected chi connectivity index (χ0v) is 12.9. The second-order valence-electron chi connectivity index (χ2n) is 5.65. The number of hydrogen-bond donors (Lipinski definition) is 0. The molecule has 0 atom stereocenters. The molecule has 3 nitrogen and oxygen atoms in total. The van der Waals surface area contributed by atoms with Gasteiger partial charge in [-0.05, 0) is 49.6 Å². The lowest BCUT2D eigenvalue weighted by Gasteiger charge is -2.25. The van der Waals surface area contributed by atoms with Crippen molar-refractivity contribution in [1.29, 1.82) is 0 Å². The lowest BCUT2D eigenvalue weighted by molar-refractivity contribution is -0.126. The van der Waals surface area contributed by atoms with E-state index < -0.39 is 0 Å². The number of carbonyl (C=O) groups excluding carboxylic acids is 1. The number of likely N-dealkylation sites (tertiary alicyclic amines) is 1. The molecule has 1 aliphatic heterocycles. The molecule has 0 bridgehead atoms. The molecule has 1 fully saturated rings. The summed E-state index contributed by atoms with van der Waals surface area (Å²) in [5.74, 6) is -0.284. The number of benzene rings is 1. The van der Waals surface area contributed by atoms with Gasteiger partial charge in [-0.3, -0.25) is 4.79 Å². The zero-order valence-electron chi connectivity index (χ0n) is 12.9. The molecule has 4 heteroatoms. The Morgan fingerprint density at radius 3 is 2.61 bits per heavy atom. The van der Waals surface area contributed by atoms with Crippen molar-refractivity contribution in [1.82, 2.24) is 9.88 Å². The van der Waals surface area contributed by atoms with Crippen LogP contribution in [0, 0.1) is 5.82 Å². The summed E-state index contributed by atoms with van der Waals surface area (Å²) in [6.45, 7) is 1.65. The smallest absolute Gasteiger partial charge is 0.246 e. The van der Waals surface area contributed by atoms with Crippen LogP contribution in [-0.2, 0) is 4.79 Å². The summed E-state index contributed by atoms with van der Waals surface area (Å²) >= 11 is 0. The molecule has 1 aromatic heterocycles. The van der Waals surface area contributed by atoms with Crippen LogP contribution in [0.3, 0.4) is 0 Å². The molecule has 1 aromatic carbocycles. The maximum absolute atomic E-state index is 13.8. The minimum absolute atomic E-state index is 0.0165. The van der Waals surface area contributed by atoms with Gasteiger partial charge >= 0.3 is 0 Å². The summed E-state index contributed by atoms with van der Waals surface area (Å²) in [5.41, 5.74) is 1.68.